The molecule has 28 heavy (non-hydrogen) atoms. The maximum absolute atomic E-state index is 11.2. The van der Waals surface area contributed by atoms with Crippen molar-refractivity contribution in [3.8, 4) is 17.0 Å². The summed E-state index contributed by atoms with van der Waals surface area (Å²) in [6.07, 6.45) is 3.22. The number of aromatic amines is 1. The zero-order valence-electron chi connectivity index (χ0n) is 15.9. The Morgan fingerprint density at radius 1 is 1.14 bits per heavy atom. The zero-order valence-corrected chi connectivity index (χ0v) is 16.6. The van der Waals surface area contributed by atoms with Crippen LogP contribution in [0.25, 0.3) is 11.3 Å². The van der Waals surface area contributed by atoms with Gasteiger partial charge >= 0.3 is 0 Å². The fourth-order valence-electron chi connectivity index (χ4n) is 3.92. The number of nitrogens with one attached hydrogen (secondary N) is 1. The third kappa shape index (κ3) is 3.78. The van der Waals surface area contributed by atoms with E-state index in [4.69, 9.17) is 16.3 Å². The number of H-pyrrole nitrogens is 1. The van der Waals surface area contributed by atoms with Crippen molar-refractivity contribution in [3.05, 3.63) is 70.9 Å². The van der Waals surface area contributed by atoms with Crippen LogP contribution in [0.3, 0.4) is 0 Å². The summed E-state index contributed by atoms with van der Waals surface area (Å²) in [5, 5.41) is 19.3. The first kappa shape index (κ1) is 19.0. The zero-order chi connectivity index (χ0) is 19.6. The van der Waals surface area contributed by atoms with Gasteiger partial charge in [-0.3, -0.25) is 10.00 Å². The number of ether oxygens (including phenoxy) is 1. The topological polar surface area (TPSA) is 61.4 Å². The largest absolute Gasteiger partial charge is 0.496 e. The van der Waals surface area contributed by atoms with Crippen LogP contribution in [0.1, 0.15) is 24.0 Å². The van der Waals surface area contributed by atoms with E-state index >= 15 is 0 Å². The van der Waals surface area contributed by atoms with Crippen molar-refractivity contribution < 1.29 is 9.84 Å². The van der Waals surface area contributed by atoms with Crippen LogP contribution in [-0.2, 0) is 12.1 Å². The Morgan fingerprint density at radius 3 is 2.57 bits per heavy atom. The molecular weight excluding hydrogens is 374 g/mol. The molecular formula is C22H24ClN3O2. The molecule has 2 N–H and O–H groups in total. The van der Waals surface area contributed by atoms with Crippen LogP contribution in [0.15, 0.2) is 54.7 Å². The molecule has 0 saturated carbocycles. The van der Waals surface area contributed by atoms with Crippen LogP contribution in [-0.4, -0.2) is 40.4 Å². The van der Waals surface area contributed by atoms with E-state index in [1.165, 1.54) is 0 Å². The third-order valence-corrected chi connectivity index (χ3v) is 5.79. The molecule has 3 aromatic rings. The summed E-state index contributed by atoms with van der Waals surface area (Å²) < 4.78 is 5.45. The van der Waals surface area contributed by atoms with Crippen LogP contribution >= 0.6 is 11.6 Å². The molecule has 5 nitrogen and oxygen atoms in total. The Kier molecular flexibility index (Phi) is 5.40. The Balaban J connectivity index is 1.46. The van der Waals surface area contributed by atoms with Gasteiger partial charge in [0.15, 0.2) is 0 Å². The van der Waals surface area contributed by atoms with Gasteiger partial charge in [-0.2, -0.15) is 5.10 Å². The highest BCUT2D eigenvalue weighted by atomic mass is 35.5. The first-order valence-electron chi connectivity index (χ1n) is 9.45. The molecule has 0 aliphatic carbocycles. The van der Waals surface area contributed by atoms with E-state index in [0.717, 1.165) is 52.8 Å². The van der Waals surface area contributed by atoms with E-state index < -0.39 is 5.60 Å². The van der Waals surface area contributed by atoms with Crippen LogP contribution in [0.2, 0.25) is 5.02 Å². The lowest BCUT2D eigenvalue weighted by Crippen LogP contribution is -2.42. The first-order valence-corrected chi connectivity index (χ1v) is 9.83. The molecule has 1 aliphatic heterocycles. The molecule has 2 heterocycles. The van der Waals surface area contributed by atoms with Crippen molar-refractivity contribution >= 4 is 11.6 Å². The average Bonchev–Trinajstić information content (AvgIpc) is 3.18. The summed E-state index contributed by atoms with van der Waals surface area (Å²) in [7, 11) is 1.65. The predicted octanol–water partition coefficient (Wildman–Crippen LogP) is 4.22. The molecule has 1 fully saturated rings. The van der Waals surface area contributed by atoms with Crippen LogP contribution in [0.5, 0.6) is 5.75 Å². The molecule has 1 saturated heterocycles. The quantitative estimate of drug-likeness (QED) is 0.676. The number of benzene rings is 2. The van der Waals surface area contributed by atoms with Crippen LogP contribution in [0.4, 0.5) is 0 Å². The average molecular weight is 398 g/mol. The van der Waals surface area contributed by atoms with Gasteiger partial charge in [0.05, 0.1) is 24.6 Å². The molecule has 0 radical (unpaired) electrons. The number of piperidine rings is 1. The number of hydrogen-bond donors (Lipinski definition) is 2. The number of rotatable bonds is 5. The van der Waals surface area contributed by atoms with E-state index in [9.17, 15) is 5.11 Å². The van der Waals surface area contributed by atoms with Gasteiger partial charge in [0, 0.05) is 35.8 Å². The lowest BCUT2D eigenvalue weighted by Gasteiger charge is -2.39. The first-order chi connectivity index (χ1) is 13.6. The van der Waals surface area contributed by atoms with Gasteiger partial charge in [-0.05, 0) is 36.6 Å². The minimum Gasteiger partial charge on any atom is -0.496 e. The molecule has 2 aromatic carbocycles. The highest BCUT2D eigenvalue weighted by Gasteiger charge is 2.36. The maximum Gasteiger partial charge on any atom is 0.124 e. The molecule has 6 heteroatoms. The van der Waals surface area contributed by atoms with E-state index in [2.05, 4.69) is 15.1 Å². The second kappa shape index (κ2) is 7.95. The van der Waals surface area contributed by atoms with Crippen molar-refractivity contribution in [2.45, 2.75) is 25.0 Å². The lowest BCUT2D eigenvalue weighted by atomic mass is 9.83. The Labute approximate surface area is 169 Å². The molecule has 0 spiro atoms. The summed E-state index contributed by atoms with van der Waals surface area (Å²) in [5.74, 6) is 0.748. The minimum absolute atomic E-state index is 0.668. The van der Waals surface area contributed by atoms with Gasteiger partial charge in [-0.1, -0.05) is 41.9 Å². The number of hydrogen-bond acceptors (Lipinski definition) is 4. The number of halogens is 1. The summed E-state index contributed by atoms with van der Waals surface area (Å²) in [6, 6.07) is 15.5. The third-order valence-electron chi connectivity index (χ3n) is 5.54. The molecule has 1 aliphatic rings. The Morgan fingerprint density at radius 2 is 1.86 bits per heavy atom. The van der Waals surface area contributed by atoms with Crippen molar-refractivity contribution in [2.24, 2.45) is 0 Å². The summed E-state index contributed by atoms with van der Waals surface area (Å²) in [4.78, 5) is 2.36. The normalized spacial score (nSPS) is 16.8. The van der Waals surface area contributed by atoms with E-state index in [0.29, 0.717) is 12.8 Å². The predicted molar refractivity (Wildman–Crippen MR) is 110 cm³/mol. The maximum atomic E-state index is 11.2. The number of likely N-dealkylation sites (tertiary alicyclic amines) is 1. The number of aliphatic hydroxyl groups is 1. The number of para-hydroxylation sites is 1. The van der Waals surface area contributed by atoms with Gasteiger partial charge in [-0.15, -0.1) is 0 Å². The second-order valence-electron chi connectivity index (χ2n) is 7.29. The number of nitrogens with zero attached hydrogens (tertiary/aromatic N) is 2. The number of aromatic nitrogens is 2. The van der Waals surface area contributed by atoms with E-state index in [1.807, 2.05) is 54.7 Å². The summed E-state index contributed by atoms with van der Waals surface area (Å²) in [5.41, 5.74) is 3.26. The van der Waals surface area contributed by atoms with Crippen molar-refractivity contribution in [3.63, 3.8) is 0 Å². The summed E-state index contributed by atoms with van der Waals surface area (Å²) >= 11 is 6.00. The molecule has 0 amide bonds. The fraction of sp³-hybridized carbons (Fsp3) is 0.318. The standard InChI is InChI=1S/C22H24ClN3O2/c1-28-20-5-3-2-4-19(20)22(27)10-12-26(13-11-22)15-17-14-24-25-21(17)16-6-8-18(23)9-7-16/h2-9,14,27H,10-13,15H2,1H3,(H,24,25). The van der Waals surface area contributed by atoms with Gasteiger partial charge in [0.2, 0.25) is 0 Å². The number of methoxy groups -OCH3 is 1. The molecule has 1 aromatic heterocycles. The van der Waals surface area contributed by atoms with E-state index in [1.54, 1.807) is 7.11 Å². The fourth-order valence-corrected chi connectivity index (χ4v) is 4.04. The van der Waals surface area contributed by atoms with Crippen LogP contribution in [0, 0.1) is 0 Å². The van der Waals surface area contributed by atoms with Crippen molar-refractivity contribution in [1.29, 1.82) is 0 Å². The van der Waals surface area contributed by atoms with E-state index in [-0.39, 0.29) is 0 Å². The Hall–Kier alpha value is -2.34. The van der Waals surface area contributed by atoms with Gasteiger partial charge in [0.1, 0.15) is 5.75 Å². The minimum atomic E-state index is -0.849. The monoisotopic (exact) mass is 397 g/mol. The SMILES string of the molecule is COc1ccccc1C1(O)CCN(Cc2cn[nH]c2-c2ccc(Cl)cc2)CC1. The van der Waals surface area contributed by atoms with Gasteiger partial charge < -0.3 is 9.84 Å². The summed E-state index contributed by atoms with van der Waals surface area (Å²) in [6.45, 7) is 2.40. The second-order valence-corrected chi connectivity index (χ2v) is 7.72. The Bertz CT molecular complexity index is 931. The smallest absolute Gasteiger partial charge is 0.124 e. The van der Waals surface area contributed by atoms with Gasteiger partial charge in [-0.25, -0.2) is 0 Å². The molecule has 0 unspecified atom stereocenters. The van der Waals surface area contributed by atoms with Crippen LogP contribution < -0.4 is 4.74 Å². The van der Waals surface area contributed by atoms with Crippen molar-refractivity contribution in [2.75, 3.05) is 20.2 Å². The molecule has 0 bridgehead atoms. The van der Waals surface area contributed by atoms with Crippen molar-refractivity contribution in [1.82, 2.24) is 15.1 Å². The molecule has 0 atom stereocenters. The molecule has 4 rings (SSSR count). The lowest BCUT2D eigenvalue weighted by molar-refractivity contribution is -0.0292. The highest BCUT2D eigenvalue weighted by molar-refractivity contribution is 6.30. The van der Waals surface area contributed by atoms with Gasteiger partial charge in [0.25, 0.3) is 0 Å². The highest BCUT2D eigenvalue weighted by Crippen LogP contribution is 2.38. The molecule has 146 valence electrons.